The van der Waals surface area contributed by atoms with E-state index in [4.69, 9.17) is 0 Å². The summed E-state index contributed by atoms with van der Waals surface area (Å²) in [4.78, 5) is 0. The number of fused-ring (bicyclic) bond motifs is 1. The van der Waals surface area contributed by atoms with Crippen LogP contribution in [0, 0.1) is 24.2 Å². The number of aryl methyl sites for hydroxylation is 1. The Kier molecular flexibility index (Phi) is 11.6. The maximum atomic E-state index is 2.39. The molecule has 3 rings (SSSR count). The summed E-state index contributed by atoms with van der Waals surface area (Å²) < 4.78 is 0. The third-order valence-corrected chi connectivity index (χ3v) is 6.28. The van der Waals surface area contributed by atoms with E-state index in [0.717, 1.165) is 18.3 Å². The Hall–Kier alpha value is -1.30. The van der Waals surface area contributed by atoms with Gasteiger partial charge in [-0.25, -0.2) is 0 Å². The van der Waals surface area contributed by atoms with Crippen LogP contribution in [-0.4, -0.2) is 0 Å². The molecule has 0 nitrogen and oxygen atoms in total. The zero-order valence-corrected chi connectivity index (χ0v) is 20.8. The predicted molar refractivity (Wildman–Crippen MR) is 134 cm³/mol. The van der Waals surface area contributed by atoms with Crippen LogP contribution >= 0.6 is 0 Å². The molecule has 1 aromatic carbocycles. The summed E-state index contributed by atoms with van der Waals surface area (Å²) >= 11 is 0. The van der Waals surface area contributed by atoms with Crippen molar-refractivity contribution in [3.63, 3.8) is 0 Å². The van der Waals surface area contributed by atoms with Gasteiger partial charge in [-0.1, -0.05) is 104 Å². The van der Waals surface area contributed by atoms with Gasteiger partial charge in [-0.3, -0.25) is 0 Å². The van der Waals surface area contributed by atoms with Crippen LogP contribution in [0.2, 0.25) is 0 Å². The highest BCUT2D eigenvalue weighted by atomic mass is 14.3. The summed E-state index contributed by atoms with van der Waals surface area (Å²) in [6.07, 6.45) is 17.9. The lowest BCUT2D eigenvalue weighted by Gasteiger charge is -2.33. The highest BCUT2D eigenvalue weighted by Gasteiger charge is 2.25. The Morgan fingerprint density at radius 3 is 2.21 bits per heavy atom. The van der Waals surface area contributed by atoms with Gasteiger partial charge in [0.25, 0.3) is 0 Å². The molecule has 0 amide bonds. The third-order valence-electron chi connectivity index (χ3n) is 6.28. The molecule has 0 bridgehead atoms. The zero-order chi connectivity index (χ0) is 21.9. The lowest BCUT2D eigenvalue weighted by Crippen LogP contribution is -2.22. The quantitative estimate of drug-likeness (QED) is 0.476. The maximum Gasteiger partial charge on any atom is -0.0152 e. The van der Waals surface area contributed by atoms with Crippen LogP contribution in [-0.2, 0) is 0 Å². The molecular formula is C29H48. The van der Waals surface area contributed by atoms with Crippen molar-refractivity contribution >= 4 is 11.6 Å². The van der Waals surface area contributed by atoms with Gasteiger partial charge >= 0.3 is 0 Å². The molecule has 2 aliphatic carbocycles. The van der Waals surface area contributed by atoms with E-state index >= 15 is 0 Å². The molecule has 0 heterocycles. The first-order chi connectivity index (χ1) is 13.8. The predicted octanol–water partition coefficient (Wildman–Crippen LogP) is 9.87. The Morgan fingerprint density at radius 1 is 1.00 bits per heavy atom. The first kappa shape index (κ1) is 25.7. The molecule has 0 aromatic heterocycles. The third kappa shape index (κ3) is 8.93. The van der Waals surface area contributed by atoms with Gasteiger partial charge in [0.1, 0.15) is 0 Å². The normalized spacial score (nSPS) is 16.7. The minimum absolute atomic E-state index is 0.570. The largest absolute Gasteiger partial charge is 0.0801 e. The number of hydrogen-bond donors (Lipinski definition) is 0. The van der Waals surface area contributed by atoms with E-state index in [1.807, 2.05) is 13.8 Å². The van der Waals surface area contributed by atoms with E-state index in [2.05, 4.69) is 78.0 Å². The molecule has 0 aliphatic heterocycles. The molecule has 164 valence electrons. The number of allylic oxidation sites excluding steroid dienone is 3. The van der Waals surface area contributed by atoms with Gasteiger partial charge in [0.15, 0.2) is 0 Å². The second kappa shape index (κ2) is 13.1. The molecule has 1 fully saturated rings. The molecule has 0 spiro atoms. The first-order valence-corrected chi connectivity index (χ1v) is 12.2. The summed E-state index contributed by atoms with van der Waals surface area (Å²) in [5.74, 6) is 1.78. The monoisotopic (exact) mass is 396 g/mol. The lowest BCUT2D eigenvalue weighted by molar-refractivity contribution is 0.180. The minimum atomic E-state index is 0.570. The number of rotatable bonds is 3. The van der Waals surface area contributed by atoms with Crippen LogP contribution in [0.4, 0.5) is 0 Å². The lowest BCUT2D eigenvalue weighted by atomic mass is 9.72. The smallest absolute Gasteiger partial charge is 0.0152 e. The van der Waals surface area contributed by atoms with Crippen LogP contribution in [0.15, 0.2) is 30.4 Å². The fourth-order valence-corrected chi connectivity index (χ4v) is 4.34. The molecule has 2 aliphatic rings. The summed E-state index contributed by atoms with van der Waals surface area (Å²) in [6, 6.07) is 6.65. The van der Waals surface area contributed by atoms with Crippen LogP contribution in [0.25, 0.3) is 11.6 Å². The van der Waals surface area contributed by atoms with Crippen LogP contribution in [0.5, 0.6) is 0 Å². The maximum absolute atomic E-state index is 2.39. The van der Waals surface area contributed by atoms with E-state index in [0.29, 0.717) is 5.41 Å². The van der Waals surface area contributed by atoms with E-state index < -0.39 is 0 Å². The topological polar surface area (TPSA) is 0 Å². The van der Waals surface area contributed by atoms with Crippen molar-refractivity contribution in [2.45, 2.75) is 107 Å². The fourth-order valence-electron chi connectivity index (χ4n) is 4.34. The van der Waals surface area contributed by atoms with E-state index in [1.165, 1.54) is 67.2 Å². The highest BCUT2D eigenvalue weighted by molar-refractivity contribution is 5.77. The van der Waals surface area contributed by atoms with Crippen molar-refractivity contribution < 1.29 is 0 Å². The molecule has 1 aromatic rings. The number of benzene rings is 1. The molecular weight excluding hydrogens is 348 g/mol. The highest BCUT2D eigenvalue weighted by Crippen LogP contribution is 2.37. The Morgan fingerprint density at radius 2 is 1.66 bits per heavy atom. The van der Waals surface area contributed by atoms with E-state index in [-0.39, 0.29) is 0 Å². The van der Waals surface area contributed by atoms with E-state index in [9.17, 15) is 0 Å². The van der Waals surface area contributed by atoms with Gasteiger partial charge in [0.05, 0.1) is 0 Å². The molecule has 0 N–H and O–H groups in total. The summed E-state index contributed by atoms with van der Waals surface area (Å²) in [6.45, 7) is 17.9. The van der Waals surface area contributed by atoms with Crippen LogP contribution < -0.4 is 0 Å². The molecule has 0 atom stereocenters. The Balaban J connectivity index is 0.000000299. The van der Waals surface area contributed by atoms with Gasteiger partial charge in [-0.2, -0.15) is 0 Å². The van der Waals surface area contributed by atoms with E-state index in [1.54, 1.807) is 0 Å². The zero-order valence-electron chi connectivity index (χ0n) is 20.8. The standard InChI is InChI=1S/C17H22.C10H20.C2H6/c1-13(2)11-12-15-8-4-5-9-16-14(3)7-6-10-17(15)16;1-10(2,3)9-7-5-4-6-8-9;1-2/h5-10,13H,4,11-12H2,1-3H3;9H,4-8H2,1-3H3;1-2H3. The summed E-state index contributed by atoms with van der Waals surface area (Å²) in [5, 5.41) is 0. The summed E-state index contributed by atoms with van der Waals surface area (Å²) in [7, 11) is 0. The summed E-state index contributed by atoms with van der Waals surface area (Å²) in [5.41, 5.74) is 6.35. The van der Waals surface area contributed by atoms with Crippen molar-refractivity contribution in [3.8, 4) is 0 Å². The minimum Gasteiger partial charge on any atom is -0.0801 e. The first-order valence-electron chi connectivity index (χ1n) is 12.2. The molecule has 0 heteroatoms. The van der Waals surface area contributed by atoms with Crippen molar-refractivity contribution in [1.82, 2.24) is 0 Å². The second-order valence-corrected chi connectivity index (χ2v) is 10.0. The van der Waals surface area contributed by atoms with Crippen molar-refractivity contribution in [1.29, 1.82) is 0 Å². The molecule has 1 saturated carbocycles. The van der Waals surface area contributed by atoms with Crippen molar-refractivity contribution in [3.05, 3.63) is 47.0 Å². The van der Waals surface area contributed by atoms with Crippen LogP contribution in [0.1, 0.15) is 117 Å². The van der Waals surface area contributed by atoms with Gasteiger partial charge < -0.3 is 0 Å². The Labute approximate surface area is 182 Å². The van der Waals surface area contributed by atoms with Gasteiger partial charge in [0, 0.05) is 0 Å². The molecule has 0 unspecified atom stereocenters. The molecule has 0 radical (unpaired) electrons. The van der Waals surface area contributed by atoms with Gasteiger partial charge in [0.2, 0.25) is 0 Å². The average Bonchev–Trinajstić information content (AvgIpc) is 2.92. The SMILES string of the molecule is CC.CC(C)(C)C1CCCCC1.Cc1cccc2c1C=CCC=C2CCC(C)C. The molecule has 29 heavy (non-hydrogen) atoms. The second-order valence-electron chi connectivity index (χ2n) is 10.0. The molecule has 0 saturated heterocycles. The fraction of sp³-hybridized carbons (Fsp3) is 0.655. The average molecular weight is 397 g/mol. The van der Waals surface area contributed by atoms with Gasteiger partial charge in [-0.05, 0) is 78.5 Å². The van der Waals surface area contributed by atoms with Crippen molar-refractivity contribution in [2.75, 3.05) is 0 Å². The van der Waals surface area contributed by atoms with Crippen molar-refractivity contribution in [2.24, 2.45) is 17.3 Å². The number of hydrogen-bond acceptors (Lipinski definition) is 0. The Bertz CT molecular complexity index is 630. The van der Waals surface area contributed by atoms with Gasteiger partial charge in [-0.15, -0.1) is 0 Å². The van der Waals surface area contributed by atoms with Crippen LogP contribution in [0.3, 0.4) is 0 Å².